The van der Waals surface area contributed by atoms with Crippen LogP contribution in [0.4, 0.5) is 10.5 Å². The van der Waals surface area contributed by atoms with E-state index in [1.165, 1.54) is 0 Å². The topological polar surface area (TPSA) is 38.3 Å². The van der Waals surface area contributed by atoms with Crippen molar-refractivity contribution >= 4 is 23.4 Å². The Balaban J connectivity index is 2.80. The molecule has 0 heterocycles. The van der Waals surface area contributed by atoms with Crippen LogP contribution in [0, 0.1) is 6.92 Å². The van der Waals surface area contributed by atoms with Gasteiger partial charge in [0.1, 0.15) is 0 Å². The fraction of sp³-hybridized carbons (Fsp3) is 0.417. The maximum Gasteiger partial charge on any atom is 0.411 e. The highest BCUT2D eigenvalue weighted by Gasteiger charge is 2.07. The number of rotatable bonds is 4. The summed E-state index contributed by atoms with van der Waals surface area (Å²) < 4.78 is 4.82. The minimum Gasteiger partial charge on any atom is -0.450 e. The number of nitrogens with one attached hydrogen (secondary N) is 1. The van der Waals surface area contributed by atoms with Gasteiger partial charge in [-0.2, -0.15) is 0 Å². The van der Waals surface area contributed by atoms with E-state index in [4.69, 9.17) is 16.3 Å². The number of ether oxygens (including phenoxy) is 1. The molecule has 1 aromatic rings. The molecular formula is C12H16ClNO2. The van der Waals surface area contributed by atoms with Crippen molar-refractivity contribution in [2.45, 2.75) is 20.3 Å². The van der Waals surface area contributed by atoms with Crippen LogP contribution in [0.15, 0.2) is 18.2 Å². The highest BCUT2D eigenvalue weighted by molar-refractivity contribution is 6.18. The van der Waals surface area contributed by atoms with Gasteiger partial charge in [-0.25, -0.2) is 4.79 Å². The van der Waals surface area contributed by atoms with Crippen LogP contribution in [0.5, 0.6) is 0 Å². The number of carbonyl (C=O) groups excluding carboxylic acids is 1. The lowest BCUT2D eigenvalue weighted by molar-refractivity contribution is 0.168. The minimum absolute atomic E-state index is 0.367. The Morgan fingerprint density at radius 3 is 2.88 bits per heavy atom. The van der Waals surface area contributed by atoms with Crippen molar-refractivity contribution < 1.29 is 9.53 Å². The molecule has 0 atom stereocenters. The highest BCUT2D eigenvalue weighted by atomic mass is 35.5. The quantitative estimate of drug-likeness (QED) is 0.821. The molecule has 4 heteroatoms. The molecule has 0 aromatic heterocycles. The van der Waals surface area contributed by atoms with Crippen molar-refractivity contribution in [3.05, 3.63) is 29.3 Å². The number of benzene rings is 1. The Hall–Kier alpha value is -1.22. The fourth-order valence-electron chi connectivity index (χ4n) is 1.47. The maximum atomic E-state index is 11.3. The van der Waals surface area contributed by atoms with Gasteiger partial charge in [0.05, 0.1) is 6.61 Å². The second kappa shape index (κ2) is 6.38. The Morgan fingerprint density at radius 2 is 2.25 bits per heavy atom. The highest BCUT2D eigenvalue weighted by Crippen LogP contribution is 2.19. The summed E-state index contributed by atoms with van der Waals surface area (Å²) in [5.41, 5.74) is 2.96. The monoisotopic (exact) mass is 241 g/mol. The molecule has 0 saturated heterocycles. The van der Waals surface area contributed by atoms with Crippen LogP contribution in [0.3, 0.4) is 0 Å². The number of halogens is 1. The molecule has 1 rings (SSSR count). The van der Waals surface area contributed by atoms with Gasteiger partial charge in [-0.3, -0.25) is 5.32 Å². The molecule has 1 aromatic carbocycles. The summed E-state index contributed by atoms with van der Waals surface area (Å²) in [5, 5.41) is 2.71. The van der Waals surface area contributed by atoms with Gasteiger partial charge >= 0.3 is 6.09 Å². The van der Waals surface area contributed by atoms with Crippen LogP contribution >= 0.6 is 11.6 Å². The van der Waals surface area contributed by atoms with Crippen molar-refractivity contribution in [1.82, 2.24) is 0 Å². The van der Waals surface area contributed by atoms with Crippen molar-refractivity contribution in [2.75, 3.05) is 17.8 Å². The zero-order valence-corrected chi connectivity index (χ0v) is 10.3. The molecule has 0 saturated carbocycles. The predicted octanol–water partition coefficient (Wildman–Crippen LogP) is 3.34. The largest absolute Gasteiger partial charge is 0.450 e. The van der Waals surface area contributed by atoms with Gasteiger partial charge < -0.3 is 4.74 Å². The third-order valence-electron chi connectivity index (χ3n) is 2.32. The van der Waals surface area contributed by atoms with Crippen LogP contribution in [0.25, 0.3) is 0 Å². The first-order valence-corrected chi connectivity index (χ1v) is 5.80. The molecule has 3 nitrogen and oxygen atoms in total. The van der Waals surface area contributed by atoms with E-state index in [1.807, 2.05) is 25.1 Å². The molecular weight excluding hydrogens is 226 g/mol. The van der Waals surface area contributed by atoms with Crippen LogP contribution in [-0.2, 0) is 11.2 Å². The lowest BCUT2D eigenvalue weighted by atomic mass is 10.0. The molecule has 0 aliphatic carbocycles. The Labute approximate surface area is 101 Å². The Kier molecular flexibility index (Phi) is 5.12. The molecule has 0 spiro atoms. The van der Waals surface area contributed by atoms with E-state index in [9.17, 15) is 4.79 Å². The van der Waals surface area contributed by atoms with Crippen molar-refractivity contribution in [1.29, 1.82) is 0 Å². The van der Waals surface area contributed by atoms with E-state index in [0.29, 0.717) is 12.5 Å². The zero-order chi connectivity index (χ0) is 12.0. The van der Waals surface area contributed by atoms with Crippen molar-refractivity contribution in [3.63, 3.8) is 0 Å². The molecule has 1 amide bonds. The van der Waals surface area contributed by atoms with Crippen LogP contribution in [-0.4, -0.2) is 18.6 Å². The van der Waals surface area contributed by atoms with Crippen LogP contribution in [0.2, 0.25) is 0 Å². The predicted molar refractivity (Wildman–Crippen MR) is 66.2 cm³/mol. The molecule has 1 N–H and O–H groups in total. The van der Waals surface area contributed by atoms with Gasteiger partial charge in [0, 0.05) is 11.6 Å². The Bertz CT molecular complexity index is 366. The van der Waals surface area contributed by atoms with Gasteiger partial charge in [0.15, 0.2) is 0 Å². The van der Waals surface area contributed by atoms with E-state index < -0.39 is 6.09 Å². The van der Waals surface area contributed by atoms with E-state index in [1.54, 1.807) is 6.92 Å². The summed E-state index contributed by atoms with van der Waals surface area (Å²) >= 11 is 5.70. The molecule has 0 bridgehead atoms. The van der Waals surface area contributed by atoms with Crippen molar-refractivity contribution in [2.24, 2.45) is 0 Å². The number of hydrogen-bond donors (Lipinski definition) is 1. The summed E-state index contributed by atoms with van der Waals surface area (Å²) in [5.74, 6) is 0.573. The first-order valence-electron chi connectivity index (χ1n) is 5.27. The zero-order valence-electron chi connectivity index (χ0n) is 9.55. The molecule has 0 unspecified atom stereocenters. The molecule has 16 heavy (non-hydrogen) atoms. The van der Waals surface area contributed by atoms with Gasteiger partial charge in [-0.15, -0.1) is 11.6 Å². The second-order valence-corrected chi connectivity index (χ2v) is 3.75. The van der Waals surface area contributed by atoms with Gasteiger partial charge in [-0.05, 0) is 37.5 Å². The van der Waals surface area contributed by atoms with Crippen LogP contribution < -0.4 is 5.32 Å². The average Bonchev–Trinajstić information content (AvgIpc) is 2.24. The van der Waals surface area contributed by atoms with E-state index in [2.05, 4.69) is 5.32 Å². The number of anilines is 1. The third-order valence-corrected chi connectivity index (χ3v) is 2.51. The van der Waals surface area contributed by atoms with Crippen LogP contribution in [0.1, 0.15) is 18.1 Å². The van der Waals surface area contributed by atoms with E-state index in [-0.39, 0.29) is 0 Å². The summed E-state index contributed by atoms with van der Waals surface area (Å²) in [4.78, 5) is 11.3. The SMILES string of the molecule is CCOC(=O)Nc1cccc(CCCl)c1C. The summed E-state index contributed by atoms with van der Waals surface area (Å²) in [7, 11) is 0. The van der Waals surface area contributed by atoms with Gasteiger partial charge in [0.2, 0.25) is 0 Å². The number of alkyl halides is 1. The van der Waals surface area contributed by atoms with E-state index in [0.717, 1.165) is 23.2 Å². The molecule has 0 fully saturated rings. The summed E-state index contributed by atoms with van der Waals surface area (Å²) in [6, 6.07) is 5.76. The number of carbonyl (C=O) groups is 1. The van der Waals surface area contributed by atoms with Gasteiger partial charge in [0.25, 0.3) is 0 Å². The molecule has 0 aliphatic rings. The first-order chi connectivity index (χ1) is 7.69. The summed E-state index contributed by atoms with van der Waals surface area (Å²) in [6.45, 7) is 4.10. The maximum absolute atomic E-state index is 11.3. The summed E-state index contributed by atoms with van der Waals surface area (Å²) in [6.07, 6.45) is 0.375. The standard InChI is InChI=1S/C12H16ClNO2/c1-3-16-12(15)14-11-6-4-5-10(7-8-13)9(11)2/h4-6H,3,7-8H2,1-2H3,(H,14,15). The van der Waals surface area contributed by atoms with Crippen molar-refractivity contribution in [3.8, 4) is 0 Å². The fourth-order valence-corrected chi connectivity index (χ4v) is 1.67. The lowest BCUT2D eigenvalue weighted by Gasteiger charge is -2.11. The van der Waals surface area contributed by atoms with Gasteiger partial charge in [-0.1, -0.05) is 12.1 Å². The molecule has 0 aliphatic heterocycles. The number of aryl methyl sites for hydroxylation is 1. The Morgan fingerprint density at radius 1 is 1.50 bits per heavy atom. The smallest absolute Gasteiger partial charge is 0.411 e. The first kappa shape index (κ1) is 12.8. The normalized spacial score (nSPS) is 9.94. The minimum atomic E-state index is -0.423. The lowest BCUT2D eigenvalue weighted by Crippen LogP contribution is -2.14. The van der Waals surface area contributed by atoms with E-state index >= 15 is 0 Å². The average molecular weight is 242 g/mol. The number of amides is 1. The second-order valence-electron chi connectivity index (χ2n) is 3.37. The third kappa shape index (κ3) is 3.42. The number of hydrogen-bond acceptors (Lipinski definition) is 2. The molecule has 0 radical (unpaired) electrons. The molecule has 88 valence electrons.